The van der Waals surface area contributed by atoms with E-state index in [9.17, 15) is 14.9 Å². The third kappa shape index (κ3) is 4.71. The maximum atomic E-state index is 12.4. The summed E-state index contributed by atoms with van der Waals surface area (Å²) in [7, 11) is 1.84. The van der Waals surface area contributed by atoms with Crippen molar-refractivity contribution in [1.29, 1.82) is 5.26 Å². The molecule has 7 nitrogen and oxygen atoms in total. The number of benzene rings is 1. The second kappa shape index (κ2) is 8.61. The van der Waals surface area contributed by atoms with Gasteiger partial charge in [-0.1, -0.05) is 18.7 Å². The third-order valence-electron chi connectivity index (χ3n) is 4.26. The maximum Gasteiger partial charge on any atom is 0.333 e. The second-order valence-electron chi connectivity index (χ2n) is 6.91. The molecule has 0 aromatic heterocycles. The van der Waals surface area contributed by atoms with E-state index < -0.39 is 23.5 Å². The molecular formula is C21H24N2O5. The minimum atomic E-state index is -1.40. The number of ether oxygens (including phenoxy) is 3. The molecule has 0 spiro atoms. The number of fused-ring (bicyclic) bond motifs is 1. The number of carbonyl (C=O) groups is 2. The minimum absolute atomic E-state index is 0.107. The first-order valence-electron chi connectivity index (χ1n) is 8.83. The highest BCUT2D eigenvalue weighted by Crippen LogP contribution is 2.38. The number of rotatable bonds is 7. The van der Waals surface area contributed by atoms with E-state index in [1.807, 2.05) is 42.3 Å². The molecule has 2 unspecified atom stereocenters. The average molecular weight is 384 g/mol. The zero-order chi connectivity index (χ0) is 20.9. The third-order valence-corrected chi connectivity index (χ3v) is 4.26. The Kier molecular flexibility index (Phi) is 6.47. The van der Waals surface area contributed by atoms with Crippen LogP contribution in [0.4, 0.5) is 5.69 Å². The molecule has 1 heterocycles. The molecular weight excluding hydrogens is 360 g/mol. The lowest BCUT2D eigenvalue weighted by Crippen LogP contribution is -2.31. The highest BCUT2D eigenvalue weighted by Gasteiger charge is 2.36. The van der Waals surface area contributed by atoms with Crippen molar-refractivity contribution in [2.45, 2.75) is 33.3 Å². The lowest BCUT2D eigenvalue weighted by Gasteiger charge is -2.21. The van der Waals surface area contributed by atoms with Gasteiger partial charge >= 0.3 is 11.9 Å². The highest BCUT2D eigenvalue weighted by molar-refractivity contribution is 5.87. The van der Waals surface area contributed by atoms with Crippen LogP contribution in [0.25, 0.3) is 0 Å². The fraction of sp³-hybridized carbons (Fsp3) is 0.381. The Balaban J connectivity index is 1.97. The summed E-state index contributed by atoms with van der Waals surface area (Å²) in [6, 6.07) is 9.54. The number of esters is 2. The molecule has 0 N–H and O–H groups in total. The Bertz CT molecular complexity index is 855. The molecule has 1 aromatic carbocycles. The van der Waals surface area contributed by atoms with E-state index in [1.165, 1.54) is 13.8 Å². The number of carbonyl (C=O) groups excluding carboxylic acids is 2. The molecule has 0 saturated carbocycles. The van der Waals surface area contributed by atoms with Crippen LogP contribution in [-0.4, -0.2) is 31.7 Å². The summed E-state index contributed by atoms with van der Waals surface area (Å²) in [6.45, 7) is 7.97. The predicted octanol–water partition coefficient (Wildman–Crippen LogP) is 3.33. The molecule has 1 aromatic rings. The SMILES string of the molecule is C=C(C)C(=O)OC(C)COC(=O)C(C)(C#N)C/C=C1\Oc2ccccc2N1C. The van der Waals surface area contributed by atoms with Crippen molar-refractivity contribution in [3.05, 3.63) is 48.4 Å². The summed E-state index contributed by atoms with van der Waals surface area (Å²) in [5.41, 5.74) is -0.235. The van der Waals surface area contributed by atoms with Crippen LogP contribution in [0, 0.1) is 16.7 Å². The minimum Gasteiger partial charge on any atom is -0.461 e. The van der Waals surface area contributed by atoms with E-state index in [0.29, 0.717) is 11.6 Å². The Morgan fingerprint density at radius 2 is 2.11 bits per heavy atom. The fourth-order valence-corrected chi connectivity index (χ4v) is 2.43. The molecule has 2 rings (SSSR count). The second-order valence-corrected chi connectivity index (χ2v) is 6.91. The van der Waals surface area contributed by atoms with Crippen LogP contribution in [-0.2, 0) is 19.1 Å². The molecule has 1 aliphatic rings. The maximum absolute atomic E-state index is 12.4. The summed E-state index contributed by atoms with van der Waals surface area (Å²) >= 11 is 0. The van der Waals surface area contributed by atoms with Crippen LogP contribution in [0.3, 0.4) is 0 Å². The number of hydrogen-bond donors (Lipinski definition) is 0. The van der Waals surface area contributed by atoms with E-state index in [2.05, 4.69) is 6.58 Å². The molecule has 2 atom stereocenters. The fourth-order valence-electron chi connectivity index (χ4n) is 2.43. The lowest BCUT2D eigenvalue weighted by atomic mass is 9.88. The van der Waals surface area contributed by atoms with Crippen LogP contribution in [0.2, 0.25) is 0 Å². The average Bonchev–Trinajstić information content (AvgIpc) is 3.00. The number of para-hydroxylation sites is 2. The van der Waals surface area contributed by atoms with E-state index >= 15 is 0 Å². The monoisotopic (exact) mass is 384 g/mol. The van der Waals surface area contributed by atoms with Crippen LogP contribution < -0.4 is 9.64 Å². The van der Waals surface area contributed by atoms with Crippen molar-refractivity contribution in [3.8, 4) is 11.8 Å². The van der Waals surface area contributed by atoms with Gasteiger partial charge in [0.05, 0.1) is 11.8 Å². The molecule has 7 heteroatoms. The Hall–Kier alpha value is -3.27. The van der Waals surface area contributed by atoms with Crippen molar-refractivity contribution in [1.82, 2.24) is 0 Å². The van der Waals surface area contributed by atoms with Gasteiger partial charge in [-0.25, -0.2) is 4.79 Å². The van der Waals surface area contributed by atoms with Crippen molar-refractivity contribution in [2.24, 2.45) is 5.41 Å². The van der Waals surface area contributed by atoms with Gasteiger partial charge in [0, 0.05) is 12.6 Å². The van der Waals surface area contributed by atoms with Crippen LogP contribution in [0.15, 0.2) is 48.4 Å². The summed E-state index contributed by atoms with van der Waals surface area (Å²) in [5.74, 6) is 0.00502. The summed E-state index contributed by atoms with van der Waals surface area (Å²) in [6.07, 6.45) is 1.15. The molecule has 0 amide bonds. The molecule has 0 bridgehead atoms. The first kappa shape index (κ1) is 21.0. The molecule has 28 heavy (non-hydrogen) atoms. The standard InChI is InChI=1S/C21H24N2O5/c1-14(2)19(24)27-15(3)12-26-20(25)21(4,13-22)11-10-18-23(5)16-8-6-7-9-17(16)28-18/h6-10,15H,1,11-12H2,2-5H3/b18-10-. The smallest absolute Gasteiger partial charge is 0.333 e. The van der Waals surface area contributed by atoms with Gasteiger partial charge in [-0.15, -0.1) is 0 Å². The number of anilines is 1. The van der Waals surface area contributed by atoms with Crippen molar-refractivity contribution in [2.75, 3.05) is 18.6 Å². The van der Waals surface area contributed by atoms with Gasteiger partial charge in [-0.2, -0.15) is 5.26 Å². The zero-order valence-electron chi connectivity index (χ0n) is 16.5. The normalized spacial score (nSPS) is 17.0. The van der Waals surface area contributed by atoms with Gasteiger partial charge in [-0.3, -0.25) is 4.79 Å². The van der Waals surface area contributed by atoms with Crippen LogP contribution in [0.5, 0.6) is 5.75 Å². The van der Waals surface area contributed by atoms with Gasteiger partial charge in [0.2, 0.25) is 0 Å². The van der Waals surface area contributed by atoms with E-state index in [-0.39, 0.29) is 18.6 Å². The Morgan fingerprint density at radius 3 is 2.71 bits per heavy atom. The van der Waals surface area contributed by atoms with E-state index in [0.717, 1.165) is 5.69 Å². The van der Waals surface area contributed by atoms with Crippen LogP contribution in [0.1, 0.15) is 27.2 Å². The number of hydrogen-bond acceptors (Lipinski definition) is 7. The summed E-state index contributed by atoms with van der Waals surface area (Å²) < 4.78 is 16.0. The van der Waals surface area contributed by atoms with E-state index in [4.69, 9.17) is 14.2 Å². The first-order chi connectivity index (χ1) is 13.2. The molecule has 0 radical (unpaired) electrons. The summed E-state index contributed by atoms with van der Waals surface area (Å²) in [5, 5.41) is 9.52. The highest BCUT2D eigenvalue weighted by atomic mass is 16.6. The largest absolute Gasteiger partial charge is 0.461 e. The van der Waals surface area contributed by atoms with Crippen molar-refractivity contribution >= 4 is 17.6 Å². The lowest BCUT2D eigenvalue weighted by molar-refractivity contribution is -0.160. The first-order valence-corrected chi connectivity index (χ1v) is 8.83. The quantitative estimate of drug-likeness (QED) is 0.526. The van der Waals surface area contributed by atoms with Gasteiger partial charge in [-0.05, 0) is 45.4 Å². The Morgan fingerprint density at radius 1 is 1.43 bits per heavy atom. The van der Waals surface area contributed by atoms with Crippen LogP contribution >= 0.6 is 0 Å². The summed E-state index contributed by atoms with van der Waals surface area (Å²) in [4.78, 5) is 25.8. The Labute approximate surface area is 164 Å². The number of allylic oxidation sites excluding steroid dienone is 1. The van der Waals surface area contributed by atoms with Gasteiger partial charge in [0.25, 0.3) is 0 Å². The topological polar surface area (TPSA) is 88.9 Å². The van der Waals surface area contributed by atoms with Crippen molar-refractivity contribution in [3.63, 3.8) is 0 Å². The van der Waals surface area contributed by atoms with E-state index in [1.54, 1.807) is 13.0 Å². The molecule has 1 aliphatic heterocycles. The molecule has 0 aliphatic carbocycles. The number of nitriles is 1. The van der Waals surface area contributed by atoms with Gasteiger partial charge < -0.3 is 19.1 Å². The molecule has 148 valence electrons. The zero-order valence-corrected chi connectivity index (χ0v) is 16.5. The van der Waals surface area contributed by atoms with Gasteiger partial charge in [0.1, 0.15) is 12.7 Å². The van der Waals surface area contributed by atoms with Gasteiger partial charge in [0.15, 0.2) is 17.0 Å². The van der Waals surface area contributed by atoms with Crippen molar-refractivity contribution < 1.29 is 23.8 Å². The molecule has 0 saturated heterocycles. The number of nitrogens with zero attached hydrogens (tertiary/aromatic N) is 2. The molecule has 0 fully saturated rings. The predicted molar refractivity (Wildman–Crippen MR) is 103 cm³/mol.